The van der Waals surface area contributed by atoms with Gasteiger partial charge in [-0.25, -0.2) is 0 Å². The van der Waals surface area contributed by atoms with Crippen molar-refractivity contribution in [3.63, 3.8) is 0 Å². The van der Waals surface area contributed by atoms with Crippen LogP contribution in [-0.4, -0.2) is 33.9 Å². The van der Waals surface area contributed by atoms with Crippen molar-refractivity contribution in [2.75, 3.05) is 4.90 Å². The van der Waals surface area contributed by atoms with Gasteiger partial charge in [0.25, 0.3) is 17.4 Å². The Labute approximate surface area is 114 Å². The van der Waals surface area contributed by atoms with Crippen LogP contribution in [0.3, 0.4) is 0 Å². The molecule has 0 saturated heterocycles. The number of amides is 1. The number of nitrogens with zero attached hydrogens (tertiary/aromatic N) is 2. The van der Waals surface area contributed by atoms with Crippen LogP contribution in [0.1, 0.15) is 29.6 Å². The Bertz CT molecular complexity index is 627. The molecule has 7 nitrogen and oxygen atoms in total. The molecule has 1 amide bonds. The molecule has 1 aliphatic heterocycles. The maximum absolute atomic E-state index is 12.1. The summed E-state index contributed by atoms with van der Waals surface area (Å²) < 4.78 is 0. The zero-order valence-electron chi connectivity index (χ0n) is 10.5. The van der Waals surface area contributed by atoms with Gasteiger partial charge in [0.2, 0.25) is 0 Å². The summed E-state index contributed by atoms with van der Waals surface area (Å²) >= 11 is 0. The molecule has 0 bridgehead atoms. The van der Waals surface area contributed by atoms with Crippen molar-refractivity contribution in [1.29, 1.82) is 0 Å². The number of non-ortho nitro benzene ring substituents is 1. The number of ketones is 1. The average molecular weight is 276 g/mol. The summed E-state index contributed by atoms with van der Waals surface area (Å²) in [5, 5.41) is 20.6. The van der Waals surface area contributed by atoms with E-state index in [1.165, 1.54) is 17.0 Å². The third-order valence-electron chi connectivity index (χ3n) is 3.88. The Kier molecular flexibility index (Phi) is 2.79. The summed E-state index contributed by atoms with van der Waals surface area (Å²) in [6, 6.07) is 3.37. The number of nitro benzene ring substituents is 1. The molecule has 1 saturated carbocycles. The smallest absolute Gasteiger partial charge is 0.299 e. The third-order valence-corrected chi connectivity index (χ3v) is 3.88. The normalized spacial score (nSPS) is 25.1. The van der Waals surface area contributed by atoms with E-state index >= 15 is 0 Å². The van der Waals surface area contributed by atoms with Gasteiger partial charge < -0.3 is 5.11 Å². The number of hydrogen-bond acceptors (Lipinski definition) is 5. The lowest BCUT2D eigenvalue weighted by molar-refractivity contribution is -0.384. The summed E-state index contributed by atoms with van der Waals surface area (Å²) in [6.07, 6.45) is 1.33. The number of hydrogen-bond donors (Lipinski definition) is 1. The standard InChI is InChI=1S/C13H12N2O5/c16-11-3-1-2-10(11)14-9-5-4-7(15(19)20)6-8(9)12(17)13(14)18/h4-6,10-11,16H,1-3H2/t10-,11-/m0/s1. The second-order valence-corrected chi connectivity index (χ2v) is 5.03. The minimum Gasteiger partial charge on any atom is -0.391 e. The van der Waals surface area contributed by atoms with Gasteiger partial charge in [0.1, 0.15) is 0 Å². The van der Waals surface area contributed by atoms with E-state index < -0.39 is 28.8 Å². The lowest BCUT2D eigenvalue weighted by Gasteiger charge is -2.26. The zero-order chi connectivity index (χ0) is 14.4. The van der Waals surface area contributed by atoms with Gasteiger partial charge in [-0.3, -0.25) is 24.6 Å². The highest BCUT2D eigenvalue weighted by Gasteiger charge is 2.44. The van der Waals surface area contributed by atoms with Crippen molar-refractivity contribution in [2.24, 2.45) is 0 Å². The maximum Gasteiger partial charge on any atom is 0.299 e. The summed E-state index contributed by atoms with van der Waals surface area (Å²) in [7, 11) is 0. The molecule has 7 heteroatoms. The Morgan fingerprint density at radius 3 is 2.65 bits per heavy atom. The minimum absolute atomic E-state index is 0.0447. The Balaban J connectivity index is 2.07. The minimum atomic E-state index is -0.747. The van der Waals surface area contributed by atoms with Crippen LogP contribution < -0.4 is 4.90 Å². The van der Waals surface area contributed by atoms with Gasteiger partial charge in [0, 0.05) is 12.1 Å². The van der Waals surface area contributed by atoms with E-state index in [1.54, 1.807) is 0 Å². The van der Waals surface area contributed by atoms with Gasteiger partial charge in [0.05, 0.1) is 28.3 Å². The van der Waals surface area contributed by atoms with Crippen LogP contribution in [0.5, 0.6) is 0 Å². The van der Waals surface area contributed by atoms with E-state index in [0.29, 0.717) is 18.5 Å². The molecule has 0 spiro atoms. The number of Topliss-reactive ketones (excluding diaryl/α,β-unsaturated/α-hetero) is 1. The summed E-state index contributed by atoms with van der Waals surface area (Å²) in [4.78, 5) is 35.4. The first-order valence-electron chi connectivity index (χ1n) is 6.35. The Morgan fingerprint density at radius 1 is 1.30 bits per heavy atom. The number of nitro groups is 1. The quantitative estimate of drug-likeness (QED) is 0.494. The molecule has 20 heavy (non-hydrogen) atoms. The molecule has 1 fully saturated rings. The van der Waals surface area contributed by atoms with Crippen LogP contribution >= 0.6 is 0 Å². The summed E-state index contributed by atoms with van der Waals surface area (Å²) in [5.41, 5.74) is 0.179. The second-order valence-electron chi connectivity index (χ2n) is 5.03. The molecule has 1 aliphatic carbocycles. The van der Waals surface area contributed by atoms with Gasteiger partial charge in [-0.15, -0.1) is 0 Å². The fourth-order valence-corrected chi connectivity index (χ4v) is 2.91. The molecule has 2 aliphatic rings. The molecule has 1 heterocycles. The van der Waals surface area contributed by atoms with Crippen LogP contribution in [0.2, 0.25) is 0 Å². The maximum atomic E-state index is 12.1. The van der Waals surface area contributed by atoms with Crippen molar-refractivity contribution in [3.8, 4) is 0 Å². The zero-order valence-corrected chi connectivity index (χ0v) is 10.5. The van der Waals surface area contributed by atoms with Crippen LogP contribution in [-0.2, 0) is 4.79 Å². The first-order valence-corrected chi connectivity index (χ1v) is 6.35. The largest absolute Gasteiger partial charge is 0.391 e. The van der Waals surface area contributed by atoms with Crippen molar-refractivity contribution in [2.45, 2.75) is 31.4 Å². The van der Waals surface area contributed by atoms with Crippen LogP contribution in [0.15, 0.2) is 18.2 Å². The molecule has 3 rings (SSSR count). The number of benzene rings is 1. The lowest BCUT2D eigenvalue weighted by atomic mass is 10.1. The van der Waals surface area contributed by atoms with Gasteiger partial charge in [-0.05, 0) is 25.3 Å². The van der Waals surface area contributed by atoms with E-state index in [-0.39, 0.29) is 11.3 Å². The molecular formula is C13H12N2O5. The Hall–Kier alpha value is -2.28. The number of fused-ring (bicyclic) bond motifs is 1. The third kappa shape index (κ3) is 1.70. The van der Waals surface area contributed by atoms with Gasteiger partial charge >= 0.3 is 0 Å². The predicted octanol–water partition coefficient (Wildman–Crippen LogP) is 1.04. The molecule has 1 N–H and O–H groups in total. The number of carbonyl (C=O) groups excluding carboxylic acids is 2. The Morgan fingerprint density at radius 2 is 2.05 bits per heavy atom. The van der Waals surface area contributed by atoms with E-state index in [0.717, 1.165) is 12.5 Å². The fourth-order valence-electron chi connectivity index (χ4n) is 2.91. The van der Waals surface area contributed by atoms with Gasteiger partial charge in [-0.1, -0.05) is 0 Å². The molecular weight excluding hydrogens is 264 g/mol. The van der Waals surface area contributed by atoms with Crippen LogP contribution in [0, 0.1) is 10.1 Å². The highest BCUT2D eigenvalue weighted by atomic mass is 16.6. The van der Waals surface area contributed by atoms with Crippen molar-refractivity contribution >= 4 is 23.1 Å². The number of carbonyl (C=O) groups is 2. The van der Waals surface area contributed by atoms with E-state index in [1.807, 2.05) is 0 Å². The molecule has 2 atom stereocenters. The van der Waals surface area contributed by atoms with E-state index in [2.05, 4.69) is 0 Å². The molecule has 0 unspecified atom stereocenters. The molecule has 1 aromatic carbocycles. The molecule has 0 aromatic heterocycles. The number of rotatable bonds is 2. The summed E-state index contributed by atoms with van der Waals surface area (Å²) in [5.74, 6) is -1.46. The first kappa shape index (κ1) is 12.7. The lowest BCUT2D eigenvalue weighted by Crippen LogP contribution is -2.43. The molecule has 104 valence electrons. The van der Waals surface area contributed by atoms with Crippen molar-refractivity contribution in [3.05, 3.63) is 33.9 Å². The number of aliphatic hydroxyl groups excluding tert-OH is 1. The highest BCUT2D eigenvalue weighted by Crippen LogP contribution is 2.37. The average Bonchev–Trinajstić information content (AvgIpc) is 2.93. The highest BCUT2D eigenvalue weighted by molar-refractivity contribution is 6.52. The fraction of sp³-hybridized carbons (Fsp3) is 0.385. The van der Waals surface area contributed by atoms with Crippen molar-refractivity contribution in [1.82, 2.24) is 0 Å². The second kappa shape index (κ2) is 4.38. The molecule has 0 radical (unpaired) electrons. The number of aliphatic hydroxyl groups is 1. The summed E-state index contributed by atoms with van der Waals surface area (Å²) in [6.45, 7) is 0. The number of anilines is 1. The van der Waals surface area contributed by atoms with Crippen LogP contribution in [0.25, 0.3) is 0 Å². The van der Waals surface area contributed by atoms with Gasteiger partial charge in [-0.2, -0.15) is 0 Å². The first-order chi connectivity index (χ1) is 9.50. The van der Waals surface area contributed by atoms with Crippen molar-refractivity contribution < 1.29 is 19.6 Å². The topological polar surface area (TPSA) is 101 Å². The predicted molar refractivity (Wildman–Crippen MR) is 68.6 cm³/mol. The SMILES string of the molecule is O=C1C(=O)N([C@H]2CCC[C@@H]2O)c2ccc([N+](=O)[O-])cc21. The van der Waals surface area contributed by atoms with E-state index in [9.17, 15) is 24.8 Å². The van der Waals surface area contributed by atoms with Crippen LogP contribution in [0.4, 0.5) is 11.4 Å². The van der Waals surface area contributed by atoms with E-state index in [4.69, 9.17) is 0 Å². The molecule has 1 aromatic rings. The van der Waals surface area contributed by atoms with Gasteiger partial charge in [0.15, 0.2) is 0 Å². The monoisotopic (exact) mass is 276 g/mol.